The largest absolute Gasteiger partial charge is 0.373 e. The van der Waals surface area contributed by atoms with E-state index in [-0.39, 0.29) is 11.3 Å². The molecule has 1 atom stereocenters. The normalized spacial score (nSPS) is 13.7. The molecule has 12 heteroatoms. The number of rotatable bonds is 7. The van der Waals surface area contributed by atoms with Gasteiger partial charge in [-0.15, -0.1) is 5.10 Å². The molecular weight excluding hydrogens is 512 g/mol. The maximum atomic E-state index is 13.8. The lowest BCUT2D eigenvalue weighted by Gasteiger charge is -2.19. The fraction of sp³-hybridized carbons (Fsp3) is 0.154. The summed E-state index contributed by atoms with van der Waals surface area (Å²) in [5, 5.41) is 25.7. The van der Waals surface area contributed by atoms with Crippen LogP contribution in [0.25, 0.3) is 10.9 Å². The van der Waals surface area contributed by atoms with Crippen LogP contribution in [0.5, 0.6) is 0 Å². The third-order valence-corrected chi connectivity index (χ3v) is 6.47. The molecule has 0 amide bonds. The minimum atomic E-state index is -1.22. The minimum Gasteiger partial charge on any atom is -0.373 e. The van der Waals surface area contributed by atoms with Crippen LogP contribution in [0.1, 0.15) is 41.7 Å². The van der Waals surface area contributed by atoms with Crippen molar-refractivity contribution in [1.82, 2.24) is 29.9 Å². The Balaban J connectivity index is 1.43. The summed E-state index contributed by atoms with van der Waals surface area (Å²) in [6, 6.07) is 10.3. The molecule has 9 nitrogen and oxygen atoms in total. The van der Waals surface area contributed by atoms with E-state index in [0.717, 1.165) is 30.7 Å². The molecule has 4 heterocycles. The predicted octanol–water partition coefficient (Wildman–Crippen LogP) is 5.70. The first-order valence-electron chi connectivity index (χ1n) is 11.7. The van der Waals surface area contributed by atoms with Crippen LogP contribution in [0.3, 0.4) is 0 Å². The van der Waals surface area contributed by atoms with Crippen LogP contribution in [0.2, 0.25) is 5.02 Å². The Bertz CT molecular complexity index is 1700. The lowest BCUT2D eigenvalue weighted by Crippen LogP contribution is -2.13. The Kier molecular flexibility index (Phi) is 6.01. The zero-order chi connectivity index (χ0) is 26.2. The zero-order valence-electron chi connectivity index (χ0n) is 19.6. The fourth-order valence-electron chi connectivity index (χ4n) is 4.18. The van der Waals surface area contributed by atoms with E-state index >= 15 is 0 Å². The van der Waals surface area contributed by atoms with Gasteiger partial charge in [0.05, 0.1) is 52.0 Å². The monoisotopic (exact) mass is 529 g/mol. The van der Waals surface area contributed by atoms with E-state index in [1.54, 1.807) is 24.5 Å². The van der Waals surface area contributed by atoms with Crippen molar-refractivity contribution >= 4 is 39.6 Å². The Morgan fingerprint density at radius 1 is 1.11 bits per heavy atom. The van der Waals surface area contributed by atoms with Gasteiger partial charge in [0.25, 0.3) is 0 Å². The maximum Gasteiger partial charge on any atom is 0.249 e. The molecule has 6 rings (SSSR count). The van der Waals surface area contributed by atoms with Gasteiger partial charge in [-0.3, -0.25) is 9.97 Å². The number of nitrogens with zero attached hydrogens (tertiary/aromatic N) is 7. The lowest BCUT2D eigenvalue weighted by atomic mass is 10.0. The van der Waals surface area contributed by atoms with Crippen molar-refractivity contribution in [3.8, 4) is 6.07 Å². The molecule has 1 aliphatic rings. The van der Waals surface area contributed by atoms with Crippen LogP contribution in [-0.4, -0.2) is 29.9 Å². The van der Waals surface area contributed by atoms with Gasteiger partial charge in [0.15, 0.2) is 5.82 Å². The van der Waals surface area contributed by atoms with E-state index in [1.165, 1.54) is 6.20 Å². The predicted molar refractivity (Wildman–Crippen MR) is 137 cm³/mol. The topological polar surface area (TPSA) is 117 Å². The summed E-state index contributed by atoms with van der Waals surface area (Å²) in [5.74, 6) is -2.34. The molecule has 1 fully saturated rings. The van der Waals surface area contributed by atoms with Crippen LogP contribution >= 0.6 is 11.6 Å². The third kappa shape index (κ3) is 4.57. The van der Waals surface area contributed by atoms with Crippen molar-refractivity contribution in [1.29, 1.82) is 5.26 Å². The van der Waals surface area contributed by atoms with Crippen molar-refractivity contribution in [3.05, 3.63) is 94.9 Å². The number of pyridine rings is 3. The highest BCUT2D eigenvalue weighted by Gasteiger charge is 2.27. The van der Waals surface area contributed by atoms with Gasteiger partial charge >= 0.3 is 0 Å². The van der Waals surface area contributed by atoms with Crippen LogP contribution in [0, 0.1) is 23.1 Å². The summed E-state index contributed by atoms with van der Waals surface area (Å²) >= 11 is 6.63. The zero-order valence-corrected chi connectivity index (χ0v) is 20.4. The first kappa shape index (κ1) is 23.7. The average Bonchev–Trinajstić information content (AvgIpc) is 3.67. The number of anilines is 3. The van der Waals surface area contributed by atoms with Crippen molar-refractivity contribution in [2.24, 2.45) is 0 Å². The van der Waals surface area contributed by atoms with Gasteiger partial charge in [0.1, 0.15) is 11.8 Å². The summed E-state index contributed by atoms with van der Waals surface area (Å²) in [6.45, 7) is 0. The number of fused-ring (bicyclic) bond motifs is 1. The van der Waals surface area contributed by atoms with E-state index in [4.69, 9.17) is 11.6 Å². The Hall–Kier alpha value is -4.69. The smallest absolute Gasteiger partial charge is 0.249 e. The van der Waals surface area contributed by atoms with Gasteiger partial charge in [-0.25, -0.2) is 14.1 Å². The summed E-state index contributed by atoms with van der Waals surface area (Å²) < 4.78 is 29.1. The Labute approximate surface area is 220 Å². The van der Waals surface area contributed by atoms with Crippen molar-refractivity contribution in [2.75, 3.05) is 10.6 Å². The van der Waals surface area contributed by atoms with Crippen LogP contribution in [0.4, 0.5) is 25.8 Å². The molecule has 0 unspecified atom stereocenters. The molecule has 1 aliphatic carbocycles. The fourth-order valence-corrected chi connectivity index (χ4v) is 4.45. The quantitative estimate of drug-likeness (QED) is 0.258. The average molecular weight is 530 g/mol. The molecular formula is C26H18ClF2N9. The van der Waals surface area contributed by atoms with E-state index in [2.05, 4.69) is 42.0 Å². The molecule has 0 saturated heterocycles. The minimum absolute atomic E-state index is 0.160. The summed E-state index contributed by atoms with van der Waals surface area (Å²) in [5.41, 5.74) is 3.28. The molecule has 0 bridgehead atoms. The highest BCUT2D eigenvalue weighted by Crippen LogP contribution is 2.38. The van der Waals surface area contributed by atoms with Crippen molar-refractivity contribution in [2.45, 2.75) is 24.9 Å². The number of halogens is 3. The number of nitriles is 1. The van der Waals surface area contributed by atoms with Gasteiger partial charge in [0, 0.05) is 35.7 Å². The van der Waals surface area contributed by atoms with Gasteiger partial charge in [0.2, 0.25) is 5.95 Å². The molecule has 4 aromatic heterocycles. The second-order valence-electron chi connectivity index (χ2n) is 8.85. The SMILES string of the molecule is N#Cc1cnc2c(Cl)cc(N[C@@H](c3cccnc3)c3cn(C4CC4)nn3)cc2c1Nc1cnc(F)c(F)c1. The summed E-state index contributed by atoms with van der Waals surface area (Å²) in [6.07, 6.45) is 10.0. The number of hydrogen-bond donors (Lipinski definition) is 2. The number of nitrogens with one attached hydrogen (secondary N) is 2. The highest BCUT2D eigenvalue weighted by molar-refractivity contribution is 6.36. The molecule has 188 valence electrons. The molecule has 0 aliphatic heterocycles. The molecule has 1 aromatic carbocycles. The standard InChI is InChI=1S/C26H18ClF2N9/c27-20-7-16(34-24(14-2-1-5-31-10-14)22-13-38(37-36-22)18-3-4-18)6-19-23(15(9-30)11-32-25(19)20)35-17-8-21(28)26(29)33-12-17/h1-2,5-8,10-13,18,24,34H,3-4H2,(H,32,35)/t24-/m0/s1. The molecule has 38 heavy (non-hydrogen) atoms. The van der Waals surface area contributed by atoms with Crippen LogP contribution < -0.4 is 10.6 Å². The van der Waals surface area contributed by atoms with Gasteiger partial charge in [-0.1, -0.05) is 22.9 Å². The van der Waals surface area contributed by atoms with E-state index in [1.807, 2.05) is 23.0 Å². The maximum absolute atomic E-state index is 13.8. The van der Waals surface area contributed by atoms with Gasteiger partial charge < -0.3 is 10.6 Å². The lowest BCUT2D eigenvalue weighted by molar-refractivity contribution is 0.480. The second kappa shape index (κ2) is 9.64. The molecule has 5 aromatic rings. The van der Waals surface area contributed by atoms with E-state index in [9.17, 15) is 14.0 Å². The molecule has 0 spiro atoms. The molecule has 1 saturated carbocycles. The summed E-state index contributed by atoms with van der Waals surface area (Å²) in [7, 11) is 0. The van der Waals surface area contributed by atoms with Gasteiger partial charge in [-0.2, -0.15) is 9.65 Å². The van der Waals surface area contributed by atoms with E-state index < -0.39 is 17.8 Å². The number of aromatic nitrogens is 6. The highest BCUT2D eigenvalue weighted by atomic mass is 35.5. The number of benzene rings is 1. The summed E-state index contributed by atoms with van der Waals surface area (Å²) in [4.78, 5) is 12.0. The van der Waals surface area contributed by atoms with Crippen molar-refractivity contribution in [3.63, 3.8) is 0 Å². The van der Waals surface area contributed by atoms with Gasteiger partial charge in [-0.05, 0) is 36.6 Å². The first-order chi connectivity index (χ1) is 18.5. The molecule has 2 N–H and O–H groups in total. The van der Waals surface area contributed by atoms with Crippen molar-refractivity contribution < 1.29 is 8.78 Å². The third-order valence-electron chi connectivity index (χ3n) is 6.18. The van der Waals surface area contributed by atoms with Crippen LogP contribution in [-0.2, 0) is 0 Å². The van der Waals surface area contributed by atoms with Crippen LogP contribution in [0.15, 0.2) is 61.3 Å². The Morgan fingerprint density at radius 2 is 1.97 bits per heavy atom. The Morgan fingerprint density at radius 3 is 2.71 bits per heavy atom. The van der Waals surface area contributed by atoms with E-state index in [0.29, 0.717) is 39.0 Å². The first-order valence-corrected chi connectivity index (χ1v) is 12.1. The molecule has 0 radical (unpaired) electrons. The second-order valence-corrected chi connectivity index (χ2v) is 9.26. The number of hydrogen-bond acceptors (Lipinski definition) is 8.